The van der Waals surface area contributed by atoms with Gasteiger partial charge in [-0.2, -0.15) is 0 Å². The minimum atomic E-state index is -0.703. The van der Waals surface area contributed by atoms with Crippen LogP contribution in [0.25, 0.3) is 10.9 Å². The second kappa shape index (κ2) is 4.02. The smallest absolute Gasteiger partial charge is 0.104 e. The summed E-state index contributed by atoms with van der Waals surface area (Å²) >= 11 is 0. The monoisotopic (exact) mass is 254 g/mol. The lowest BCUT2D eigenvalue weighted by molar-refractivity contribution is 0.0466. The number of hydrogen-bond donors (Lipinski definition) is 1. The summed E-state index contributed by atoms with van der Waals surface area (Å²) in [4.78, 5) is 6.83. The molecule has 0 spiro atoms. The summed E-state index contributed by atoms with van der Waals surface area (Å²) < 4.78 is 0. The van der Waals surface area contributed by atoms with Crippen LogP contribution in [0.5, 0.6) is 0 Å². The molecule has 98 valence electrons. The summed E-state index contributed by atoms with van der Waals surface area (Å²) in [7, 11) is 0. The Labute approximate surface area is 112 Å². The fourth-order valence-electron chi connectivity index (χ4n) is 3.30. The molecule has 1 aromatic carbocycles. The molecule has 1 aromatic heterocycles. The lowest BCUT2D eigenvalue weighted by atomic mass is 9.90. The van der Waals surface area contributed by atoms with Crippen molar-refractivity contribution in [2.75, 3.05) is 13.1 Å². The van der Waals surface area contributed by atoms with E-state index in [1.165, 1.54) is 12.8 Å². The highest BCUT2D eigenvalue weighted by Gasteiger charge is 2.43. The van der Waals surface area contributed by atoms with Gasteiger partial charge in [-0.05, 0) is 37.0 Å². The fourth-order valence-corrected chi connectivity index (χ4v) is 3.30. The van der Waals surface area contributed by atoms with E-state index in [2.05, 4.69) is 22.0 Å². The van der Waals surface area contributed by atoms with Crippen LogP contribution in [0.15, 0.2) is 36.5 Å². The summed E-state index contributed by atoms with van der Waals surface area (Å²) in [6, 6.07) is 10.8. The quantitative estimate of drug-likeness (QED) is 0.893. The number of hydrogen-bond acceptors (Lipinski definition) is 3. The highest BCUT2D eigenvalue weighted by Crippen LogP contribution is 2.40. The van der Waals surface area contributed by atoms with E-state index >= 15 is 0 Å². The molecule has 0 amide bonds. The van der Waals surface area contributed by atoms with Crippen molar-refractivity contribution in [3.63, 3.8) is 0 Å². The average molecular weight is 254 g/mol. The molecule has 1 saturated heterocycles. The number of benzene rings is 1. The van der Waals surface area contributed by atoms with E-state index in [1.807, 2.05) is 18.2 Å². The molecule has 3 nitrogen and oxygen atoms in total. The van der Waals surface area contributed by atoms with Crippen molar-refractivity contribution < 1.29 is 5.11 Å². The largest absolute Gasteiger partial charge is 0.384 e. The Hall–Kier alpha value is -1.45. The van der Waals surface area contributed by atoms with Gasteiger partial charge >= 0.3 is 0 Å². The summed E-state index contributed by atoms with van der Waals surface area (Å²) in [6.07, 6.45) is 5.24. The molecule has 2 aliphatic rings. The molecule has 1 unspecified atom stereocenters. The van der Waals surface area contributed by atoms with Gasteiger partial charge in [0.25, 0.3) is 0 Å². The third-order valence-electron chi connectivity index (χ3n) is 4.49. The number of likely N-dealkylation sites (tertiary alicyclic amines) is 1. The SMILES string of the molecule is OC1(c2cccc3ncccc23)CCN(C2CC2)C1. The Kier molecular flexibility index (Phi) is 2.41. The molecule has 1 N–H and O–H groups in total. The molecule has 1 aliphatic carbocycles. The number of aromatic nitrogens is 1. The first-order valence-corrected chi connectivity index (χ1v) is 7.07. The van der Waals surface area contributed by atoms with E-state index in [0.29, 0.717) is 0 Å². The second-order valence-electron chi connectivity index (χ2n) is 5.86. The Morgan fingerprint density at radius 1 is 1.21 bits per heavy atom. The third kappa shape index (κ3) is 1.85. The van der Waals surface area contributed by atoms with Crippen molar-refractivity contribution in [1.82, 2.24) is 9.88 Å². The number of nitrogens with zero attached hydrogens (tertiary/aromatic N) is 2. The van der Waals surface area contributed by atoms with Crippen molar-refractivity contribution in [3.05, 3.63) is 42.1 Å². The van der Waals surface area contributed by atoms with E-state index in [4.69, 9.17) is 0 Å². The highest BCUT2D eigenvalue weighted by atomic mass is 16.3. The number of β-amino-alcohol motifs (C(OH)–C–C–N with tert-alkyl or cyclic N) is 1. The van der Waals surface area contributed by atoms with Crippen LogP contribution in [0, 0.1) is 0 Å². The summed E-state index contributed by atoms with van der Waals surface area (Å²) in [5.74, 6) is 0. The normalized spacial score (nSPS) is 28.1. The average Bonchev–Trinajstić information content (AvgIpc) is 3.22. The molecule has 3 heteroatoms. The van der Waals surface area contributed by atoms with E-state index < -0.39 is 5.60 Å². The van der Waals surface area contributed by atoms with Crippen molar-refractivity contribution in [2.24, 2.45) is 0 Å². The maximum Gasteiger partial charge on any atom is 0.104 e. The van der Waals surface area contributed by atoms with Crippen molar-refractivity contribution >= 4 is 10.9 Å². The highest BCUT2D eigenvalue weighted by molar-refractivity contribution is 5.83. The molecule has 2 aromatic rings. The van der Waals surface area contributed by atoms with Gasteiger partial charge in [0.15, 0.2) is 0 Å². The maximum absolute atomic E-state index is 11.0. The van der Waals surface area contributed by atoms with Gasteiger partial charge in [-0.15, -0.1) is 0 Å². The second-order valence-corrected chi connectivity index (χ2v) is 5.86. The molecule has 1 atom stereocenters. The van der Waals surface area contributed by atoms with Gasteiger partial charge in [-0.25, -0.2) is 0 Å². The van der Waals surface area contributed by atoms with Gasteiger partial charge in [-0.3, -0.25) is 9.88 Å². The number of pyridine rings is 1. The topological polar surface area (TPSA) is 36.4 Å². The lowest BCUT2D eigenvalue weighted by Gasteiger charge is -2.25. The van der Waals surface area contributed by atoms with Gasteiger partial charge in [0.1, 0.15) is 5.60 Å². The van der Waals surface area contributed by atoms with Gasteiger partial charge in [0.05, 0.1) is 5.52 Å². The molecular formula is C16H18N2O. The summed E-state index contributed by atoms with van der Waals surface area (Å²) in [6.45, 7) is 1.78. The minimum Gasteiger partial charge on any atom is -0.384 e. The molecule has 1 saturated carbocycles. The zero-order valence-corrected chi connectivity index (χ0v) is 10.9. The van der Waals surface area contributed by atoms with Crippen molar-refractivity contribution in [2.45, 2.75) is 30.9 Å². The van der Waals surface area contributed by atoms with E-state index in [9.17, 15) is 5.11 Å². The van der Waals surface area contributed by atoms with Crippen molar-refractivity contribution in [1.29, 1.82) is 0 Å². The number of fused-ring (bicyclic) bond motifs is 1. The van der Waals surface area contributed by atoms with Crippen LogP contribution >= 0.6 is 0 Å². The molecule has 2 fully saturated rings. The van der Waals surface area contributed by atoms with Crippen LogP contribution in [0.4, 0.5) is 0 Å². The van der Waals surface area contributed by atoms with Crippen LogP contribution in [0.3, 0.4) is 0 Å². The van der Waals surface area contributed by atoms with Gasteiger partial charge < -0.3 is 5.11 Å². The first-order valence-electron chi connectivity index (χ1n) is 7.07. The van der Waals surface area contributed by atoms with Gasteiger partial charge in [0, 0.05) is 30.7 Å². The molecule has 4 rings (SSSR count). The zero-order chi connectivity index (χ0) is 12.9. The van der Waals surface area contributed by atoms with Crippen molar-refractivity contribution in [3.8, 4) is 0 Å². The fraction of sp³-hybridized carbons (Fsp3) is 0.438. The molecule has 0 bridgehead atoms. The predicted molar refractivity (Wildman–Crippen MR) is 74.9 cm³/mol. The Balaban J connectivity index is 1.77. The van der Waals surface area contributed by atoms with Crippen LogP contribution in [-0.2, 0) is 5.60 Å². The van der Waals surface area contributed by atoms with E-state index in [0.717, 1.165) is 42.0 Å². The first kappa shape index (κ1) is 11.4. The van der Waals surface area contributed by atoms with Crippen LogP contribution in [0.2, 0.25) is 0 Å². The third-order valence-corrected chi connectivity index (χ3v) is 4.49. The Morgan fingerprint density at radius 3 is 2.95 bits per heavy atom. The van der Waals surface area contributed by atoms with Crippen LogP contribution in [-0.4, -0.2) is 34.1 Å². The Morgan fingerprint density at radius 2 is 2.11 bits per heavy atom. The Bertz CT molecular complexity index is 618. The van der Waals surface area contributed by atoms with Gasteiger partial charge in [0.2, 0.25) is 0 Å². The van der Waals surface area contributed by atoms with Gasteiger partial charge in [-0.1, -0.05) is 18.2 Å². The minimum absolute atomic E-state index is 0.703. The summed E-state index contributed by atoms with van der Waals surface area (Å²) in [5.41, 5.74) is 1.31. The number of rotatable bonds is 2. The standard InChI is InChI=1S/C16H18N2O/c19-16(8-10-18(11-16)12-6-7-12)14-4-1-5-15-13(14)3-2-9-17-15/h1-5,9,12,19H,6-8,10-11H2. The van der Waals surface area contributed by atoms with Crippen LogP contribution < -0.4 is 0 Å². The lowest BCUT2D eigenvalue weighted by Crippen LogP contribution is -2.32. The molecule has 2 heterocycles. The molecular weight excluding hydrogens is 236 g/mol. The van der Waals surface area contributed by atoms with E-state index in [-0.39, 0.29) is 0 Å². The maximum atomic E-state index is 11.0. The van der Waals surface area contributed by atoms with E-state index in [1.54, 1.807) is 6.20 Å². The number of aliphatic hydroxyl groups is 1. The molecule has 0 radical (unpaired) electrons. The zero-order valence-electron chi connectivity index (χ0n) is 10.9. The summed E-state index contributed by atoms with van der Waals surface area (Å²) in [5, 5.41) is 12.1. The van der Waals surface area contributed by atoms with Crippen LogP contribution in [0.1, 0.15) is 24.8 Å². The predicted octanol–water partition coefficient (Wildman–Crippen LogP) is 2.29. The molecule has 19 heavy (non-hydrogen) atoms. The molecule has 1 aliphatic heterocycles. The first-order chi connectivity index (χ1) is 9.26.